The van der Waals surface area contributed by atoms with Gasteiger partial charge < -0.3 is 14.6 Å². The number of carbonyl (C=O) groups is 1. The van der Waals surface area contributed by atoms with Crippen LogP contribution in [0.1, 0.15) is 31.9 Å². The van der Waals surface area contributed by atoms with Crippen molar-refractivity contribution < 1.29 is 19.4 Å². The summed E-state index contributed by atoms with van der Waals surface area (Å²) in [5.41, 5.74) is 0.777. The fourth-order valence-electron chi connectivity index (χ4n) is 2.14. The van der Waals surface area contributed by atoms with Gasteiger partial charge >= 0.3 is 5.97 Å². The van der Waals surface area contributed by atoms with Crippen LogP contribution in [0.15, 0.2) is 24.3 Å². The molecule has 0 aromatic heterocycles. The molecule has 1 atom stereocenters. The molecule has 5 heteroatoms. The van der Waals surface area contributed by atoms with Crippen LogP contribution in [0.5, 0.6) is 5.75 Å². The maximum atomic E-state index is 11.6. The topological polar surface area (TPSA) is 59.0 Å². The van der Waals surface area contributed by atoms with Crippen molar-refractivity contribution in [1.29, 1.82) is 0 Å². The molecule has 0 saturated heterocycles. The second-order valence-corrected chi connectivity index (χ2v) is 4.83. The van der Waals surface area contributed by atoms with E-state index in [9.17, 15) is 9.90 Å². The summed E-state index contributed by atoms with van der Waals surface area (Å²) >= 11 is 0. The molecule has 0 aliphatic rings. The van der Waals surface area contributed by atoms with E-state index in [0.29, 0.717) is 18.9 Å². The number of esters is 1. The average molecular weight is 295 g/mol. The molecular formula is C16H25NO4. The lowest BCUT2D eigenvalue weighted by molar-refractivity contribution is -0.144. The molecule has 0 spiro atoms. The molecule has 1 aromatic carbocycles. The van der Waals surface area contributed by atoms with Crippen molar-refractivity contribution in [2.24, 2.45) is 0 Å². The first kappa shape index (κ1) is 17.5. The zero-order chi connectivity index (χ0) is 15.7. The molecular weight excluding hydrogens is 270 g/mol. The molecule has 0 saturated carbocycles. The summed E-state index contributed by atoms with van der Waals surface area (Å²) in [6.07, 6.45) is 0.241. The quantitative estimate of drug-likeness (QED) is 0.706. The molecule has 0 heterocycles. The van der Waals surface area contributed by atoms with Gasteiger partial charge in [-0.3, -0.25) is 9.69 Å². The van der Waals surface area contributed by atoms with Gasteiger partial charge in [0.05, 0.1) is 26.4 Å². The molecule has 5 nitrogen and oxygen atoms in total. The zero-order valence-corrected chi connectivity index (χ0v) is 13.0. The van der Waals surface area contributed by atoms with Crippen LogP contribution in [0, 0.1) is 0 Å². The fraction of sp³-hybridized carbons (Fsp3) is 0.562. The molecule has 0 aliphatic carbocycles. The molecule has 1 aromatic rings. The summed E-state index contributed by atoms with van der Waals surface area (Å²) in [5, 5.41) is 10.3. The normalized spacial score (nSPS) is 12.2. The van der Waals surface area contributed by atoms with E-state index < -0.39 is 6.10 Å². The lowest BCUT2D eigenvalue weighted by Crippen LogP contribution is -2.35. The van der Waals surface area contributed by atoms with Crippen LogP contribution in [-0.2, 0) is 9.53 Å². The maximum absolute atomic E-state index is 11.6. The molecule has 0 aliphatic heterocycles. The first-order valence-electron chi connectivity index (χ1n) is 7.30. The largest absolute Gasteiger partial charge is 0.497 e. The average Bonchev–Trinajstić information content (AvgIpc) is 2.47. The summed E-state index contributed by atoms with van der Waals surface area (Å²) in [7, 11) is 1.59. The van der Waals surface area contributed by atoms with Crippen LogP contribution in [0.3, 0.4) is 0 Å². The summed E-state index contributed by atoms with van der Waals surface area (Å²) < 4.78 is 10.1. The van der Waals surface area contributed by atoms with Gasteiger partial charge in [-0.1, -0.05) is 19.1 Å². The number of carbonyl (C=O) groups excluding carboxylic acids is 1. The smallest absolute Gasteiger partial charge is 0.320 e. The Balaban J connectivity index is 2.66. The number of rotatable bonds is 9. The Kier molecular flexibility index (Phi) is 7.79. The van der Waals surface area contributed by atoms with Gasteiger partial charge in [0, 0.05) is 6.54 Å². The van der Waals surface area contributed by atoms with E-state index in [1.807, 2.05) is 30.0 Å². The minimum absolute atomic E-state index is 0.197. The van der Waals surface area contributed by atoms with Crippen LogP contribution in [0.4, 0.5) is 0 Å². The van der Waals surface area contributed by atoms with Gasteiger partial charge in [-0.05, 0) is 37.6 Å². The number of aliphatic hydroxyl groups excluding tert-OH is 1. The van der Waals surface area contributed by atoms with Crippen molar-refractivity contribution in [1.82, 2.24) is 4.90 Å². The zero-order valence-electron chi connectivity index (χ0n) is 13.0. The molecule has 0 fully saturated rings. The number of benzene rings is 1. The Morgan fingerprint density at radius 3 is 2.76 bits per heavy atom. The Morgan fingerprint density at radius 2 is 2.14 bits per heavy atom. The monoisotopic (exact) mass is 295 g/mol. The summed E-state index contributed by atoms with van der Waals surface area (Å²) in [4.78, 5) is 13.5. The number of aliphatic hydroxyl groups is 1. The summed E-state index contributed by atoms with van der Waals surface area (Å²) in [6, 6.07) is 7.33. The van der Waals surface area contributed by atoms with Gasteiger partial charge in [-0.2, -0.15) is 0 Å². The van der Waals surface area contributed by atoms with E-state index in [1.54, 1.807) is 20.1 Å². The van der Waals surface area contributed by atoms with Crippen molar-refractivity contribution in [2.75, 3.05) is 33.4 Å². The number of hydrogen-bond donors (Lipinski definition) is 1. The van der Waals surface area contributed by atoms with E-state index >= 15 is 0 Å². The number of nitrogens with zero attached hydrogens (tertiary/aromatic N) is 1. The van der Waals surface area contributed by atoms with E-state index in [4.69, 9.17) is 9.47 Å². The Hall–Kier alpha value is -1.59. The predicted octanol–water partition coefficient (Wildman–Crippen LogP) is 2.00. The molecule has 0 amide bonds. The van der Waals surface area contributed by atoms with Gasteiger partial charge in [0.25, 0.3) is 0 Å². The van der Waals surface area contributed by atoms with Crippen molar-refractivity contribution in [2.45, 2.75) is 26.4 Å². The van der Waals surface area contributed by atoms with Crippen LogP contribution in [0.2, 0.25) is 0 Å². The van der Waals surface area contributed by atoms with Crippen LogP contribution in [-0.4, -0.2) is 49.3 Å². The number of ether oxygens (including phenoxy) is 2. The third-order valence-electron chi connectivity index (χ3n) is 3.11. The molecule has 0 bridgehead atoms. The summed E-state index contributed by atoms with van der Waals surface area (Å²) in [6.45, 7) is 5.52. The van der Waals surface area contributed by atoms with E-state index in [0.717, 1.165) is 18.5 Å². The highest BCUT2D eigenvalue weighted by Crippen LogP contribution is 2.20. The van der Waals surface area contributed by atoms with Crippen LogP contribution in [0.25, 0.3) is 0 Å². The van der Waals surface area contributed by atoms with Gasteiger partial charge in [-0.15, -0.1) is 0 Å². The van der Waals surface area contributed by atoms with Crippen molar-refractivity contribution in [3.05, 3.63) is 29.8 Å². The Labute approximate surface area is 126 Å². The lowest BCUT2D eigenvalue weighted by atomic mass is 10.1. The Bertz CT molecular complexity index is 436. The number of methoxy groups -OCH3 is 1. The fourth-order valence-corrected chi connectivity index (χ4v) is 2.14. The molecule has 118 valence electrons. The highest BCUT2D eigenvalue weighted by molar-refractivity contribution is 5.71. The van der Waals surface area contributed by atoms with E-state index in [1.165, 1.54) is 0 Å². The highest BCUT2D eigenvalue weighted by atomic mass is 16.5. The van der Waals surface area contributed by atoms with Crippen molar-refractivity contribution in [3.63, 3.8) is 0 Å². The molecule has 0 radical (unpaired) electrons. The minimum atomic E-state index is -0.666. The van der Waals surface area contributed by atoms with Gasteiger partial charge in [-0.25, -0.2) is 0 Å². The highest BCUT2D eigenvalue weighted by Gasteiger charge is 2.16. The number of hydrogen-bond acceptors (Lipinski definition) is 5. The molecule has 1 unspecified atom stereocenters. The first-order chi connectivity index (χ1) is 10.1. The molecule has 21 heavy (non-hydrogen) atoms. The van der Waals surface area contributed by atoms with Gasteiger partial charge in [0.2, 0.25) is 0 Å². The Morgan fingerprint density at radius 1 is 1.38 bits per heavy atom. The van der Waals surface area contributed by atoms with Gasteiger partial charge in [0.15, 0.2) is 0 Å². The maximum Gasteiger partial charge on any atom is 0.320 e. The predicted molar refractivity (Wildman–Crippen MR) is 81.3 cm³/mol. The van der Waals surface area contributed by atoms with E-state index in [-0.39, 0.29) is 12.5 Å². The summed E-state index contributed by atoms with van der Waals surface area (Å²) in [5.74, 6) is 0.447. The molecule has 1 N–H and O–H groups in total. The second-order valence-electron chi connectivity index (χ2n) is 4.83. The van der Waals surface area contributed by atoms with Gasteiger partial charge in [0.1, 0.15) is 5.75 Å². The third-order valence-corrected chi connectivity index (χ3v) is 3.11. The third kappa shape index (κ3) is 6.14. The lowest BCUT2D eigenvalue weighted by Gasteiger charge is -2.24. The standard InChI is InChI=1S/C16H25NO4/c1-4-9-17(12-16(19)21-5-2)11-15(18)13-7-6-8-14(10-13)20-3/h6-8,10,15,18H,4-5,9,11-12H2,1-3H3. The van der Waals surface area contributed by atoms with Crippen molar-refractivity contribution in [3.8, 4) is 5.75 Å². The first-order valence-corrected chi connectivity index (χ1v) is 7.30. The minimum Gasteiger partial charge on any atom is -0.497 e. The van der Waals surface area contributed by atoms with Crippen molar-refractivity contribution >= 4 is 5.97 Å². The molecule has 1 rings (SSSR count). The SMILES string of the molecule is CCCN(CC(=O)OCC)CC(O)c1cccc(OC)c1. The van der Waals surface area contributed by atoms with Crippen LogP contribution >= 0.6 is 0 Å². The van der Waals surface area contributed by atoms with E-state index in [2.05, 4.69) is 0 Å². The second kappa shape index (κ2) is 9.37. The van der Waals surface area contributed by atoms with Crippen LogP contribution < -0.4 is 4.74 Å².